The predicted octanol–water partition coefficient (Wildman–Crippen LogP) is 2.99. The molecule has 2 N–H and O–H groups in total. The molecule has 8 heteroatoms. The van der Waals surface area contributed by atoms with Crippen molar-refractivity contribution < 1.29 is 28.6 Å². The van der Waals surface area contributed by atoms with Crippen LogP contribution in [0.3, 0.4) is 0 Å². The van der Waals surface area contributed by atoms with Crippen molar-refractivity contribution in [1.29, 1.82) is 0 Å². The van der Waals surface area contributed by atoms with Crippen molar-refractivity contribution >= 4 is 11.6 Å². The van der Waals surface area contributed by atoms with Gasteiger partial charge >= 0.3 is 11.3 Å². The molecule has 0 bridgehead atoms. The van der Waals surface area contributed by atoms with E-state index in [2.05, 4.69) is 0 Å². The second-order valence-corrected chi connectivity index (χ2v) is 8.15. The molecule has 8 nitrogen and oxygen atoms in total. The Labute approximate surface area is 173 Å². The monoisotopic (exact) mass is 418 g/mol. The minimum absolute atomic E-state index is 0.0494. The van der Waals surface area contributed by atoms with Crippen molar-refractivity contribution in [3.63, 3.8) is 0 Å². The highest BCUT2D eigenvalue weighted by Gasteiger charge is 2.23. The minimum atomic E-state index is -1.09. The number of aromatic hydroxyl groups is 2. The van der Waals surface area contributed by atoms with Crippen LogP contribution in [0, 0.1) is 11.8 Å². The van der Waals surface area contributed by atoms with Crippen molar-refractivity contribution in [2.75, 3.05) is 0 Å². The molecule has 2 rings (SSSR count). The maximum atomic E-state index is 12.4. The third kappa shape index (κ3) is 5.92. The van der Waals surface area contributed by atoms with E-state index in [0.29, 0.717) is 0 Å². The molecule has 0 unspecified atom stereocenters. The molecule has 0 spiro atoms. The highest BCUT2D eigenvalue weighted by atomic mass is 16.4. The summed E-state index contributed by atoms with van der Waals surface area (Å²) in [6.07, 6.45) is 0.207. The lowest BCUT2D eigenvalue weighted by atomic mass is 10.0. The summed E-state index contributed by atoms with van der Waals surface area (Å²) in [5, 5.41) is 20.5. The third-order valence-electron chi connectivity index (χ3n) is 4.23. The summed E-state index contributed by atoms with van der Waals surface area (Å²) >= 11 is 0. The Morgan fingerprint density at radius 1 is 0.767 bits per heavy atom. The van der Waals surface area contributed by atoms with Gasteiger partial charge in [-0.2, -0.15) is 0 Å². The number of rotatable bonds is 9. The number of hydrogen-bond acceptors (Lipinski definition) is 8. The Kier molecular flexibility index (Phi) is 7.37. The summed E-state index contributed by atoms with van der Waals surface area (Å²) in [6.45, 7) is 7.49. The summed E-state index contributed by atoms with van der Waals surface area (Å²) in [5.41, 5.74) is -3.31. The number of hydrogen-bond donors (Lipinski definition) is 2. The standard InChI is InChI=1S/C22H26O8/c1-11(2)5-13(23)7-15-9-17(25)19(21(27)29-15)20-18(26)10-16(30-22(20)28)8-14(24)6-12(3)4/h9-12,25-26H,5-8H2,1-4H3. The van der Waals surface area contributed by atoms with Crippen molar-refractivity contribution in [3.05, 3.63) is 44.5 Å². The molecule has 2 aromatic rings. The molecular weight excluding hydrogens is 392 g/mol. The van der Waals surface area contributed by atoms with Crippen LogP contribution >= 0.6 is 0 Å². The number of carbonyl (C=O) groups excluding carboxylic acids is 2. The molecular formula is C22H26O8. The Morgan fingerprint density at radius 3 is 1.37 bits per heavy atom. The third-order valence-corrected chi connectivity index (χ3v) is 4.23. The molecule has 0 radical (unpaired) electrons. The van der Waals surface area contributed by atoms with Crippen LogP contribution in [0.5, 0.6) is 11.5 Å². The largest absolute Gasteiger partial charge is 0.507 e. The molecule has 162 valence electrons. The highest BCUT2D eigenvalue weighted by Crippen LogP contribution is 2.31. The SMILES string of the molecule is CC(C)CC(=O)Cc1cc(O)c(-c2c(O)cc(CC(=O)CC(C)C)oc2=O)c(=O)o1. The van der Waals surface area contributed by atoms with Crippen LogP contribution in [0.1, 0.15) is 52.1 Å². The summed E-state index contributed by atoms with van der Waals surface area (Å²) in [6, 6.07) is 2.13. The van der Waals surface area contributed by atoms with E-state index in [1.54, 1.807) is 0 Å². The van der Waals surface area contributed by atoms with Gasteiger partial charge in [0.1, 0.15) is 45.7 Å². The average Bonchev–Trinajstić information content (AvgIpc) is 2.54. The average molecular weight is 418 g/mol. The Bertz CT molecular complexity index is 970. The van der Waals surface area contributed by atoms with Gasteiger partial charge in [0, 0.05) is 25.0 Å². The van der Waals surface area contributed by atoms with E-state index in [4.69, 9.17) is 8.83 Å². The van der Waals surface area contributed by atoms with Gasteiger partial charge in [-0.25, -0.2) is 9.59 Å². The van der Waals surface area contributed by atoms with E-state index in [1.165, 1.54) is 0 Å². The first-order valence-electron chi connectivity index (χ1n) is 9.73. The number of Topliss-reactive ketones (excluding diaryl/α,β-unsaturated/α-hetero) is 2. The molecule has 2 aromatic heterocycles. The van der Waals surface area contributed by atoms with Crippen molar-refractivity contribution in [3.8, 4) is 22.6 Å². The molecule has 0 saturated carbocycles. The van der Waals surface area contributed by atoms with Crippen molar-refractivity contribution in [1.82, 2.24) is 0 Å². The molecule has 0 aromatic carbocycles. The number of carbonyl (C=O) groups is 2. The highest BCUT2D eigenvalue weighted by molar-refractivity contribution is 5.82. The fraction of sp³-hybridized carbons (Fsp3) is 0.455. The maximum absolute atomic E-state index is 12.4. The second-order valence-electron chi connectivity index (χ2n) is 8.15. The molecule has 30 heavy (non-hydrogen) atoms. The molecule has 2 heterocycles. The molecule has 0 saturated heterocycles. The Morgan fingerprint density at radius 2 is 1.10 bits per heavy atom. The van der Waals surface area contributed by atoms with Gasteiger partial charge in [0.25, 0.3) is 0 Å². The Hall–Kier alpha value is -3.16. The van der Waals surface area contributed by atoms with E-state index >= 15 is 0 Å². The summed E-state index contributed by atoms with van der Waals surface area (Å²) in [5.74, 6) is -1.42. The van der Waals surface area contributed by atoms with E-state index in [1.807, 2.05) is 27.7 Å². The molecule has 0 aliphatic rings. The van der Waals surface area contributed by atoms with Gasteiger partial charge in [0.2, 0.25) is 0 Å². The first-order valence-corrected chi connectivity index (χ1v) is 9.73. The van der Waals surface area contributed by atoms with Crippen LogP contribution < -0.4 is 11.3 Å². The minimum Gasteiger partial charge on any atom is -0.507 e. The lowest BCUT2D eigenvalue weighted by Gasteiger charge is -2.09. The number of ketones is 2. The van der Waals surface area contributed by atoms with Crippen LogP contribution in [0.2, 0.25) is 0 Å². The molecule has 0 aliphatic heterocycles. The molecule has 0 fully saturated rings. The lowest BCUT2D eigenvalue weighted by molar-refractivity contribution is -0.120. The smallest absolute Gasteiger partial charge is 0.348 e. The van der Waals surface area contributed by atoms with Gasteiger partial charge in [-0.1, -0.05) is 27.7 Å². The molecule has 0 aliphatic carbocycles. The first-order chi connectivity index (χ1) is 14.0. The van der Waals surface area contributed by atoms with Crippen LogP contribution in [0.4, 0.5) is 0 Å². The topological polar surface area (TPSA) is 135 Å². The van der Waals surface area contributed by atoms with Crippen molar-refractivity contribution in [2.24, 2.45) is 11.8 Å². The van der Waals surface area contributed by atoms with E-state index in [9.17, 15) is 29.4 Å². The van der Waals surface area contributed by atoms with Gasteiger partial charge in [0.15, 0.2) is 0 Å². The summed E-state index contributed by atoms with van der Waals surface area (Å²) in [7, 11) is 0. The first kappa shape index (κ1) is 23.1. The van der Waals surface area contributed by atoms with Gasteiger partial charge in [-0.3, -0.25) is 9.59 Å². The zero-order valence-electron chi connectivity index (χ0n) is 17.5. The fourth-order valence-corrected chi connectivity index (χ4v) is 3.14. The second kappa shape index (κ2) is 9.56. The van der Waals surface area contributed by atoms with Gasteiger partial charge in [0.05, 0.1) is 12.8 Å². The van der Waals surface area contributed by atoms with Crippen LogP contribution in [-0.2, 0) is 22.4 Å². The van der Waals surface area contributed by atoms with Crippen LogP contribution in [0.15, 0.2) is 30.6 Å². The lowest BCUT2D eigenvalue weighted by Crippen LogP contribution is -2.15. The maximum Gasteiger partial charge on any atom is 0.348 e. The zero-order chi connectivity index (χ0) is 22.6. The molecule has 0 atom stereocenters. The van der Waals surface area contributed by atoms with Gasteiger partial charge in [-0.05, 0) is 11.8 Å². The summed E-state index contributed by atoms with van der Waals surface area (Å²) < 4.78 is 10.1. The van der Waals surface area contributed by atoms with E-state index in [-0.39, 0.29) is 60.6 Å². The predicted molar refractivity (Wildman–Crippen MR) is 109 cm³/mol. The quantitative estimate of drug-likeness (QED) is 0.634. The van der Waals surface area contributed by atoms with Crippen LogP contribution in [-0.4, -0.2) is 21.8 Å². The zero-order valence-corrected chi connectivity index (χ0v) is 17.5. The van der Waals surface area contributed by atoms with Crippen LogP contribution in [0.25, 0.3) is 11.1 Å². The fourth-order valence-electron chi connectivity index (χ4n) is 3.14. The Balaban J connectivity index is 2.37. The van der Waals surface area contributed by atoms with Gasteiger partial charge < -0.3 is 19.0 Å². The van der Waals surface area contributed by atoms with E-state index in [0.717, 1.165) is 12.1 Å². The summed E-state index contributed by atoms with van der Waals surface area (Å²) in [4.78, 5) is 48.6. The van der Waals surface area contributed by atoms with Gasteiger partial charge in [-0.15, -0.1) is 0 Å². The normalized spacial score (nSPS) is 11.3. The van der Waals surface area contributed by atoms with Crippen molar-refractivity contribution in [2.45, 2.75) is 53.4 Å². The molecule has 0 amide bonds. The van der Waals surface area contributed by atoms with E-state index < -0.39 is 33.9 Å².